The smallest absolute Gasteiger partial charge is 0.184 e. The van der Waals surface area contributed by atoms with Gasteiger partial charge < -0.3 is 24.1 Å². The first kappa shape index (κ1) is 24.6. The predicted octanol–water partition coefficient (Wildman–Crippen LogP) is 5.26. The molecule has 1 heterocycles. The molecule has 5 heteroatoms. The molecule has 0 radical (unpaired) electrons. The van der Waals surface area contributed by atoms with Crippen molar-refractivity contribution in [3.05, 3.63) is 108 Å². The monoisotopic (exact) mass is 462 g/mol. The average Bonchev–Trinajstić information content (AvgIpc) is 3.22. The van der Waals surface area contributed by atoms with E-state index in [0.717, 1.165) is 16.7 Å². The van der Waals surface area contributed by atoms with E-state index in [2.05, 4.69) is 6.92 Å². The molecule has 5 unspecified atom stereocenters. The SMILES string of the molecule is CCC(C)(OCc1ccccc1)C1OC(O)C(OCc2ccccc2)C1OCc1ccccc1. The van der Waals surface area contributed by atoms with Gasteiger partial charge in [-0.15, -0.1) is 0 Å². The summed E-state index contributed by atoms with van der Waals surface area (Å²) in [5.74, 6) is 0. The Kier molecular flexibility index (Phi) is 8.48. The van der Waals surface area contributed by atoms with Gasteiger partial charge in [-0.1, -0.05) is 97.9 Å². The summed E-state index contributed by atoms with van der Waals surface area (Å²) < 4.78 is 25.1. The standard InChI is InChI=1S/C29H34O5/c1-3-29(2,33-21-24-17-11-6-12-18-24)27-25(31-19-22-13-7-4-8-14-22)26(28(30)34-27)32-20-23-15-9-5-10-16-23/h4-18,25-28,30H,3,19-21H2,1-2H3. The Balaban J connectivity index is 1.52. The van der Waals surface area contributed by atoms with Crippen molar-refractivity contribution in [1.82, 2.24) is 0 Å². The highest BCUT2D eigenvalue weighted by atomic mass is 16.7. The zero-order valence-electron chi connectivity index (χ0n) is 19.9. The van der Waals surface area contributed by atoms with Crippen molar-refractivity contribution in [2.75, 3.05) is 0 Å². The zero-order chi connectivity index (χ0) is 23.8. The Labute approximate surface area is 202 Å². The van der Waals surface area contributed by atoms with Crippen LogP contribution in [0.25, 0.3) is 0 Å². The van der Waals surface area contributed by atoms with E-state index in [4.69, 9.17) is 18.9 Å². The van der Waals surface area contributed by atoms with Gasteiger partial charge in [-0.05, 0) is 30.0 Å². The van der Waals surface area contributed by atoms with Gasteiger partial charge in [0.15, 0.2) is 6.29 Å². The fourth-order valence-electron chi connectivity index (χ4n) is 4.23. The van der Waals surface area contributed by atoms with Gasteiger partial charge in [-0.2, -0.15) is 0 Å². The summed E-state index contributed by atoms with van der Waals surface area (Å²) in [6.45, 7) is 5.28. The van der Waals surface area contributed by atoms with Gasteiger partial charge in [0, 0.05) is 0 Å². The van der Waals surface area contributed by atoms with Crippen LogP contribution in [0.15, 0.2) is 91.0 Å². The van der Waals surface area contributed by atoms with Crippen molar-refractivity contribution in [2.24, 2.45) is 0 Å². The van der Waals surface area contributed by atoms with Crippen molar-refractivity contribution in [1.29, 1.82) is 0 Å². The lowest BCUT2D eigenvalue weighted by molar-refractivity contribution is -0.196. The maximum absolute atomic E-state index is 10.9. The fraction of sp³-hybridized carbons (Fsp3) is 0.379. The third kappa shape index (κ3) is 6.12. The second kappa shape index (κ2) is 11.7. The second-order valence-electron chi connectivity index (χ2n) is 8.91. The molecule has 34 heavy (non-hydrogen) atoms. The molecular formula is C29H34O5. The molecule has 1 fully saturated rings. The van der Waals surface area contributed by atoms with E-state index in [1.165, 1.54) is 0 Å². The molecule has 4 rings (SSSR count). The maximum atomic E-state index is 10.9. The van der Waals surface area contributed by atoms with Crippen LogP contribution in [0.1, 0.15) is 37.0 Å². The lowest BCUT2D eigenvalue weighted by Gasteiger charge is -2.37. The number of rotatable bonds is 11. The number of benzene rings is 3. The van der Waals surface area contributed by atoms with Crippen molar-refractivity contribution in [3.8, 4) is 0 Å². The predicted molar refractivity (Wildman–Crippen MR) is 131 cm³/mol. The van der Waals surface area contributed by atoms with Crippen molar-refractivity contribution in [3.63, 3.8) is 0 Å². The molecule has 1 saturated heterocycles. The summed E-state index contributed by atoms with van der Waals surface area (Å²) in [4.78, 5) is 0. The molecule has 1 aliphatic rings. The van der Waals surface area contributed by atoms with Crippen molar-refractivity contribution < 1.29 is 24.1 Å². The molecule has 0 spiro atoms. The lowest BCUT2D eigenvalue weighted by atomic mass is 9.90. The van der Waals surface area contributed by atoms with Crippen LogP contribution in [0, 0.1) is 0 Å². The number of ether oxygens (including phenoxy) is 4. The van der Waals surface area contributed by atoms with E-state index >= 15 is 0 Å². The molecule has 180 valence electrons. The first-order chi connectivity index (χ1) is 16.6. The molecular weight excluding hydrogens is 428 g/mol. The molecule has 0 aliphatic carbocycles. The number of hydrogen-bond acceptors (Lipinski definition) is 5. The van der Waals surface area contributed by atoms with E-state index in [-0.39, 0.29) is 0 Å². The Morgan fingerprint density at radius 3 is 1.62 bits per heavy atom. The van der Waals surface area contributed by atoms with Crippen LogP contribution >= 0.6 is 0 Å². The van der Waals surface area contributed by atoms with Gasteiger partial charge in [-0.3, -0.25) is 0 Å². The second-order valence-corrected chi connectivity index (χ2v) is 8.91. The van der Waals surface area contributed by atoms with Crippen LogP contribution in [-0.4, -0.2) is 35.3 Å². The Bertz CT molecular complexity index is 981. The van der Waals surface area contributed by atoms with Crippen LogP contribution in [0.2, 0.25) is 0 Å². The molecule has 5 nitrogen and oxygen atoms in total. The molecule has 0 saturated carbocycles. The van der Waals surface area contributed by atoms with Crippen molar-refractivity contribution in [2.45, 2.75) is 70.3 Å². The first-order valence-electron chi connectivity index (χ1n) is 11.9. The molecule has 0 amide bonds. The van der Waals surface area contributed by atoms with E-state index in [1.54, 1.807) is 0 Å². The van der Waals surface area contributed by atoms with Crippen LogP contribution in [-0.2, 0) is 38.8 Å². The van der Waals surface area contributed by atoms with Gasteiger partial charge in [0.05, 0.1) is 25.4 Å². The van der Waals surface area contributed by atoms with Gasteiger partial charge in [-0.25, -0.2) is 0 Å². The summed E-state index contributed by atoms with van der Waals surface area (Å²) in [5, 5.41) is 10.9. The minimum atomic E-state index is -1.11. The summed E-state index contributed by atoms with van der Waals surface area (Å²) in [7, 11) is 0. The Morgan fingerprint density at radius 2 is 1.15 bits per heavy atom. The van der Waals surface area contributed by atoms with Gasteiger partial charge in [0.2, 0.25) is 0 Å². The molecule has 1 aliphatic heterocycles. The highest BCUT2D eigenvalue weighted by molar-refractivity contribution is 5.16. The number of aliphatic hydroxyl groups excluding tert-OH is 1. The van der Waals surface area contributed by atoms with Crippen LogP contribution in [0.5, 0.6) is 0 Å². The van der Waals surface area contributed by atoms with Crippen LogP contribution in [0.3, 0.4) is 0 Å². The van der Waals surface area contributed by atoms with Crippen LogP contribution < -0.4 is 0 Å². The molecule has 5 atom stereocenters. The molecule has 0 aromatic heterocycles. The normalized spacial score (nSPS) is 24.1. The quantitative estimate of drug-likeness (QED) is 0.421. The summed E-state index contributed by atoms with van der Waals surface area (Å²) >= 11 is 0. The first-order valence-corrected chi connectivity index (χ1v) is 11.9. The molecule has 3 aromatic rings. The van der Waals surface area contributed by atoms with Crippen LogP contribution in [0.4, 0.5) is 0 Å². The average molecular weight is 463 g/mol. The lowest BCUT2D eigenvalue weighted by Crippen LogP contribution is -2.50. The summed E-state index contributed by atoms with van der Waals surface area (Å²) in [6, 6.07) is 29.9. The van der Waals surface area contributed by atoms with E-state index in [0.29, 0.717) is 26.2 Å². The van der Waals surface area contributed by atoms with Crippen molar-refractivity contribution >= 4 is 0 Å². The largest absolute Gasteiger partial charge is 0.368 e. The highest BCUT2D eigenvalue weighted by Crippen LogP contribution is 2.37. The minimum Gasteiger partial charge on any atom is -0.368 e. The topological polar surface area (TPSA) is 57.2 Å². The van der Waals surface area contributed by atoms with E-state index in [1.807, 2.05) is 97.9 Å². The number of hydrogen-bond donors (Lipinski definition) is 1. The number of aliphatic hydroxyl groups is 1. The fourth-order valence-corrected chi connectivity index (χ4v) is 4.23. The third-order valence-corrected chi connectivity index (χ3v) is 6.48. The minimum absolute atomic E-state index is 0.359. The molecule has 1 N–H and O–H groups in total. The summed E-state index contributed by atoms with van der Waals surface area (Å²) in [6.07, 6.45) is -2.06. The summed E-state index contributed by atoms with van der Waals surface area (Å²) in [5.41, 5.74) is 2.48. The maximum Gasteiger partial charge on any atom is 0.184 e. The van der Waals surface area contributed by atoms with Gasteiger partial charge >= 0.3 is 0 Å². The molecule has 3 aromatic carbocycles. The Morgan fingerprint density at radius 1 is 0.706 bits per heavy atom. The zero-order valence-corrected chi connectivity index (χ0v) is 19.9. The highest BCUT2D eigenvalue weighted by Gasteiger charge is 2.53. The van der Waals surface area contributed by atoms with E-state index in [9.17, 15) is 5.11 Å². The molecule has 0 bridgehead atoms. The Hall–Kier alpha value is -2.54. The van der Waals surface area contributed by atoms with Gasteiger partial charge in [0.25, 0.3) is 0 Å². The van der Waals surface area contributed by atoms with Gasteiger partial charge in [0.1, 0.15) is 18.3 Å². The van der Waals surface area contributed by atoms with E-state index < -0.39 is 30.2 Å². The third-order valence-electron chi connectivity index (χ3n) is 6.48.